The highest BCUT2D eigenvalue weighted by Gasteiger charge is 2.06. The molecule has 6 heteroatoms. The van der Waals surface area contributed by atoms with Crippen molar-refractivity contribution in [3.63, 3.8) is 0 Å². The van der Waals surface area contributed by atoms with E-state index < -0.39 is 0 Å². The molecule has 3 N–H and O–H groups in total. The van der Waals surface area contributed by atoms with Crippen LogP contribution >= 0.6 is 11.8 Å². The fraction of sp³-hybridized carbons (Fsp3) is 0.455. The van der Waals surface area contributed by atoms with Crippen LogP contribution in [0, 0.1) is 0 Å². The number of carbonyl (C=O) groups is 1. The molecular weight excluding hydrogens is 238 g/mol. The molecule has 0 aliphatic carbocycles. The number of aromatic nitrogens is 1. The zero-order chi connectivity index (χ0) is 12.5. The molecule has 1 amide bonds. The second kappa shape index (κ2) is 7.92. The summed E-state index contributed by atoms with van der Waals surface area (Å²) < 4.78 is 0. The normalized spacial score (nSPS) is 11.9. The average Bonchev–Trinajstić information content (AvgIpc) is 2.35. The predicted molar refractivity (Wildman–Crippen MR) is 69.6 cm³/mol. The van der Waals surface area contributed by atoms with E-state index in [0.717, 1.165) is 0 Å². The van der Waals surface area contributed by atoms with Crippen LogP contribution in [0.2, 0.25) is 0 Å². The smallest absolute Gasteiger partial charge is 0.248 e. The summed E-state index contributed by atoms with van der Waals surface area (Å²) in [5.74, 6) is 0.862. The van der Waals surface area contributed by atoms with Gasteiger partial charge in [0.1, 0.15) is 5.82 Å². The highest BCUT2D eigenvalue weighted by atomic mass is 32.2. The molecule has 1 heterocycles. The minimum absolute atomic E-state index is 0.106. The van der Waals surface area contributed by atoms with Gasteiger partial charge < -0.3 is 5.11 Å². The molecule has 1 aromatic rings. The van der Waals surface area contributed by atoms with Crippen molar-refractivity contribution in [1.29, 1.82) is 0 Å². The number of thioether (sulfide) groups is 1. The van der Waals surface area contributed by atoms with Crippen LogP contribution in [0.25, 0.3) is 0 Å². The summed E-state index contributed by atoms with van der Waals surface area (Å²) >= 11 is 1.51. The lowest BCUT2D eigenvalue weighted by atomic mass is 10.3. The molecule has 1 unspecified atom stereocenters. The SMILES string of the molecule is CC(CCO)SCC(=O)NNc1ccccn1. The molecule has 0 bridgehead atoms. The first-order valence-electron chi connectivity index (χ1n) is 5.40. The first-order chi connectivity index (χ1) is 8.22. The van der Waals surface area contributed by atoms with Gasteiger partial charge in [0.05, 0.1) is 5.75 Å². The van der Waals surface area contributed by atoms with E-state index in [4.69, 9.17) is 5.11 Å². The fourth-order valence-electron chi connectivity index (χ4n) is 1.09. The van der Waals surface area contributed by atoms with E-state index in [1.54, 1.807) is 18.3 Å². The highest BCUT2D eigenvalue weighted by Crippen LogP contribution is 2.12. The molecule has 0 saturated heterocycles. The third kappa shape index (κ3) is 6.13. The van der Waals surface area contributed by atoms with Gasteiger partial charge in [0.2, 0.25) is 5.91 Å². The first-order valence-corrected chi connectivity index (χ1v) is 6.45. The van der Waals surface area contributed by atoms with Crippen molar-refractivity contribution in [2.75, 3.05) is 17.8 Å². The second-order valence-corrected chi connectivity index (χ2v) is 4.95. The largest absolute Gasteiger partial charge is 0.396 e. The van der Waals surface area contributed by atoms with Crippen LogP contribution in [-0.2, 0) is 4.79 Å². The minimum atomic E-state index is -0.106. The van der Waals surface area contributed by atoms with Crippen LogP contribution in [0.5, 0.6) is 0 Å². The Kier molecular flexibility index (Phi) is 6.42. The number of hydrogen-bond donors (Lipinski definition) is 3. The summed E-state index contributed by atoms with van der Waals surface area (Å²) in [5.41, 5.74) is 5.29. The van der Waals surface area contributed by atoms with Gasteiger partial charge in [-0.05, 0) is 18.6 Å². The van der Waals surface area contributed by atoms with Gasteiger partial charge in [-0.3, -0.25) is 15.6 Å². The van der Waals surface area contributed by atoms with Crippen molar-refractivity contribution >= 4 is 23.5 Å². The average molecular weight is 255 g/mol. The van der Waals surface area contributed by atoms with Gasteiger partial charge in [0.15, 0.2) is 0 Å². The molecule has 1 atom stereocenters. The van der Waals surface area contributed by atoms with Crippen molar-refractivity contribution in [2.24, 2.45) is 0 Å². The summed E-state index contributed by atoms with van der Waals surface area (Å²) in [6.45, 7) is 2.14. The molecule has 1 aromatic heterocycles. The van der Waals surface area contributed by atoms with Crippen molar-refractivity contribution in [3.05, 3.63) is 24.4 Å². The van der Waals surface area contributed by atoms with Gasteiger partial charge in [0, 0.05) is 18.1 Å². The Morgan fingerprint density at radius 3 is 3.06 bits per heavy atom. The first kappa shape index (κ1) is 13.8. The van der Waals surface area contributed by atoms with Crippen LogP contribution in [0.4, 0.5) is 5.82 Å². The Morgan fingerprint density at radius 1 is 1.59 bits per heavy atom. The molecular formula is C11H17N3O2S. The van der Waals surface area contributed by atoms with Crippen molar-refractivity contribution in [2.45, 2.75) is 18.6 Å². The van der Waals surface area contributed by atoms with Crippen molar-refractivity contribution in [1.82, 2.24) is 10.4 Å². The molecule has 1 rings (SSSR count). The molecule has 94 valence electrons. The zero-order valence-electron chi connectivity index (χ0n) is 9.72. The number of aliphatic hydroxyl groups excluding tert-OH is 1. The quantitative estimate of drug-likeness (QED) is 0.635. The lowest BCUT2D eigenvalue weighted by molar-refractivity contribution is -0.118. The number of hydrazine groups is 1. The van der Waals surface area contributed by atoms with E-state index in [1.165, 1.54) is 11.8 Å². The highest BCUT2D eigenvalue weighted by molar-refractivity contribution is 8.00. The molecule has 0 aliphatic heterocycles. The van der Waals surface area contributed by atoms with Gasteiger partial charge in [-0.25, -0.2) is 4.98 Å². The maximum atomic E-state index is 11.4. The minimum Gasteiger partial charge on any atom is -0.396 e. The number of nitrogens with zero attached hydrogens (tertiary/aromatic N) is 1. The van der Waals surface area contributed by atoms with E-state index in [9.17, 15) is 4.79 Å². The van der Waals surface area contributed by atoms with Crippen LogP contribution in [0.15, 0.2) is 24.4 Å². The number of pyridine rings is 1. The molecule has 5 nitrogen and oxygen atoms in total. The molecule has 0 aromatic carbocycles. The molecule has 0 saturated carbocycles. The van der Waals surface area contributed by atoms with Crippen LogP contribution < -0.4 is 10.9 Å². The van der Waals surface area contributed by atoms with Gasteiger partial charge in [-0.15, -0.1) is 11.8 Å². The van der Waals surface area contributed by atoms with E-state index in [0.29, 0.717) is 18.0 Å². The summed E-state index contributed by atoms with van der Waals surface area (Å²) in [4.78, 5) is 15.5. The molecule has 0 aliphatic rings. The van der Waals surface area contributed by atoms with Crippen LogP contribution in [0.1, 0.15) is 13.3 Å². The summed E-state index contributed by atoms with van der Waals surface area (Å²) in [5, 5.41) is 9.00. The number of amides is 1. The summed E-state index contributed by atoms with van der Waals surface area (Å²) in [6, 6.07) is 5.40. The van der Waals surface area contributed by atoms with Gasteiger partial charge in [-0.2, -0.15) is 0 Å². The summed E-state index contributed by atoms with van der Waals surface area (Å²) in [7, 11) is 0. The number of anilines is 1. The molecule has 0 fully saturated rings. The number of aliphatic hydroxyl groups is 1. The van der Waals surface area contributed by atoms with E-state index in [-0.39, 0.29) is 17.8 Å². The number of carbonyl (C=O) groups excluding carboxylic acids is 1. The predicted octanol–water partition coefficient (Wildman–Crippen LogP) is 1.03. The third-order valence-corrected chi connectivity index (χ3v) is 3.26. The molecule has 0 spiro atoms. The number of nitrogens with one attached hydrogen (secondary N) is 2. The lowest BCUT2D eigenvalue weighted by Gasteiger charge is -2.10. The number of rotatable bonds is 7. The Morgan fingerprint density at radius 2 is 2.41 bits per heavy atom. The third-order valence-electron chi connectivity index (χ3n) is 2.03. The van der Waals surface area contributed by atoms with Crippen molar-refractivity contribution in [3.8, 4) is 0 Å². The van der Waals surface area contributed by atoms with Crippen LogP contribution in [0.3, 0.4) is 0 Å². The van der Waals surface area contributed by atoms with E-state index in [2.05, 4.69) is 15.8 Å². The standard InChI is InChI=1S/C11H17N3O2S/c1-9(5-7-15)17-8-11(16)14-13-10-4-2-3-6-12-10/h2-4,6,9,15H,5,7-8H2,1H3,(H,12,13)(H,14,16). The van der Waals surface area contributed by atoms with Crippen molar-refractivity contribution < 1.29 is 9.90 Å². The van der Waals surface area contributed by atoms with E-state index >= 15 is 0 Å². The van der Waals surface area contributed by atoms with Gasteiger partial charge >= 0.3 is 0 Å². The topological polar surface area (TPSA) is 74.2 Å². The summed E-state index contributed by atoms with van der Waals surface area (Å²) in [6.07, 6.45) is 2.35. The zero-order valence-corrected chi connectivity index (χ0v) is 10.5. The Balaban J connectivity index is 2.17. The van der Waals surface area contributed by atoms with E-state index in [1.807, 2.05) is 13.0 Å². The maximum Gasteiger partial charge on any atom is 0.248 e. The fourth-order valence-corrected chi connectivity index (χ4v) is 1.87. The Hall–Kier alpha value is -1.27. The Bertz CT molecular complexity index is 335. The Labute approximate surface area is 105 Å². The number of hydrogen-bond acceptors (Lipinski definition) is 5. The molecule has 17 heavy (non-hydrogen) atoms. The second-order valence-electron chi connectivity index (χ2n) is 3.52. The van der Waals surface area contributed by atoms with Crippen LogP contribution in [-0.4, -0.2) is 33.6 Å². The molecule has 0 radical (unpaired) electrons. The lowest BCUT2D eigenvalue weighted by Crippen LogP contribution is -2.31. The maximum absolute atomic E-state index is 11.4. The monoisotopic (exact) mass is 255 g/mol. The van der Waals surface area contributed by atoms with Gasteiger partial charge in [-0.1, -0.05) is 13.0 Å². The van der Waals surface area contributed by atoms with Gasteiger partial charge in [0.25, 0.3) is 0 Å².